The maximum absolute atomic E-state index is 13.7. The predicted molar refractivity (Wildman–Crippen MR) is 572 cm³/mol. The number of benzene rings is 8. The van der Waals surface area contributed by atoms with Gasteiger partial charge in [-0.05, 0) is 517 Å². The van der Waals surface area contributed by atoms with Crippen LogP contribution < -0.4 is 23.7 Å². The molecule has 27 nitrogen and oxygen atoms in total. The van der Waals surface area contributed by atoms with E-state index in [1.807, 2.05) is 195 Å². The van der Waals surface area contributed by atoms with Gasteiger partial charge in [-0.15, -0.1) is 0 Å². The van der Waals surface area contributed by atoms with Crippen LogP contribution in [0.15, 0.2) is 103 Å². The Labute approximate surface area is 913 Å². The lowest BCUT2D eigenvalue weighted by Crippen LogP contribution is -2.31. The highest BCUT2D eigenvalue weighted by molar-refractivity contribution is 14.1. The molecule has 1 aliphatic rings. The first-order chi connectivity index (χ1) is 54.5. The first-order valence-corrected chi connectivity index (χ1v) is 55.5. The Morgan fingerprint density at radius 2 is 0.590 bits per heavy atom. The van der Waals surface area contributed by atoms with Gasteiger partial charge < -0.3 is 56.3 Å². The van der Waals surface area contributed by atoms with E-state index >= 15 is 0 Å². The first-order valence-electron chi connectivity index (χ1n) is 31.3. The molecule has 0 bridgehead atoms. The predicted octanol–water partition coefficient (Wildman–Crippen LogP) is 19.2. The smallest absolute Gasteiger partial charge is 0.345 e. The Balaban J connectivity index is 0.000000254. The van der Waals surface area contributed by atoms with E-state index in [0.717, 1.165) is 51.4 Å². The van der Waals surface area contributed by atoms with Crippen molar-refractivity contribution in [2.45, 2.75) is 31.8 Å². The lowest BCUT2D eigenvalue weighted by molar-refractivity contribution is -0.150. The summed E-state index contributed by atoms with van der Waals surface area (Å²) in [7, 11) is -13.8. The fourth-order valence-corrected chi connectivity index (χ4v) is 24.6. The zero-order chi connectivity index (χ0) is 87.2. The van der Waals surface area contributed by atoms with Gasteiger partial charge in [-0.25, -0.2) is 63.6 Å². The van der Waals surface area contributed by atoms with Crippen molar-refractivity contribution in [2.75, 3.05) is 37.1 Å². The fraction of sp³-hybridized carbons (Fsp3) is 0.174. The summed E-state index contributed by atoms with van der Waals surface area (Å²) >= 11 is 37.1. The van der Waals surface area contributed by atoms with E-state index in [1.54, 1.807) is 36.4 Å². The second-order valence-corrected chi connectivity index (χ2v) is 48.5. The fourth-order valence-electron chi connectivity index (χ4n) is 9.49. The normalized spacial score (nSPS) is 13.2. The van der Waals surface area contributed by atoms with Crippen molar-refractivity contribution in [2.24, 2.45) is 5.92 Å². The molecule has 0 N–H and O–H groups in total. The maximum atomic E-state index is 13.7. The Bertz CT molecular complexity index is 5500. The highest BCUT2D eigenvalue weighted by Crippen LogP contribution is 2.40. The van der Waals surface area contributed by atoms with Crippen molar-refractivity contribution in [1.29, 1.82) is 0 Å². The summed E-state index contributed by atoms with van der Waals surface area (Å²) in [5.41, 5.74) is 0.777. The van der Waals surface area contributed by atoms with E-state index < -0.39 is 150 Å². The molecule has 1 saturated carbocycles. The van der Waals surface area contributed by atoms with Crippen LogP contribution >= 0.6 is 407 Å². The Morgan fingerprint density at radius 3 is 0.897 bits per heavy atom. The van der Waals surface area contributed by atoms with Gasteiger partial charge in [0.25, 0.3) is 0 Å². The number of halogens is 18. The van der Waals surface area contributed by atoms with Crippen LogP contribution in [0.25, 0.3) is 0 Å². The number of ether oxygens (including phenoxy) is 9. The summed E-state index contributed by atoms with van der Waals surface area (Å²) in [6.45, 7) is -1.99. The molecule has 0 amide bonds. The van der Waals surface area contributed by atoms with Crippen LogP contribution in [0, 0.1) is 70.2 Å². The number of carbonyl (C=O) groups is 9. The van der Waals surface area contributed by atoms with Gasteiger partial charge >= 0.3 is 53.7 Å². The van der Waals surface area contributed by atoms with Gasteiger partial charge in [0.15, 0.2) is 11.5 Å². The van der Waals surface area contributed by atoms with E-state index in [0.29, 0.717) is 67.4 Å². The average Bonchev–Trinajstić information content (AvgIpc) is 0.780. The molecule has 117 heavy (non-hydrogen) atoms. The largest absolute Gasteiger partial charge is 0.748 e. The standard InChI is InChI=1S/C30H13I9O11S.C23H12I6O9S.C16H17I3O7S/c31-11-3-15(24(37)18(34)6-11)27(40)48-14-9-21(49-28(41)16-4-12(32)7-19(35)25(16)38)23(30(43)47-1-2-51(44,45)46)22(10-14)50-29(42)17-5-13(33)8-20(36)26(17)39;24-11-5-15(19(28)17(26)7-11)22(31)37-13-3-10(21(30)36-1-2-39(33,34)35)4-14(9-13)38-23(32)16-6-12(25)8-18(27)20(16)29;17-10-7-12(14(19)13(18)8-10)16(21)26-11-3-1-2-9(6-11)15(20)25-4-5-27(22,23)24/h3-10H,1-2H2,(H,44,45,46);3-9H,1-2H2,(H,33,34,35);7-9,11H,1-6H2,(H,22,23,24)/p-3. The monoisotopic (exact) mass is 3680 g/mol. The third-order valence-electron chi connectivity index (χ3n) is 14.6. The molecular weight excluding hydrogens is 3640 g/mol. The molecule has 2 atom stereocenters. The molecule has 1 fully saturated rings. The van der Waals surface area contributed by atoms with Gasteiger partial charge in [-0.3, -0.25) is 4.79 Å². The van der Waals surface area contributed by atoms with Crippen LogP contribution in [0.4, 0.5) is 0 Å². The lowest BCUT2D eigenvalue weighted by Gasteiger charge is -2.28. The molecule has 8 aromatic carbocycles. The maximum Gasteiger partial charge on any atom is 0.345 e. The van der Waals surface area contributed by atoms with Crippen molar-refractivity contribution >= 4 is 491 Å². The quantitative estimate of drug-likeness (QED) is 0.0135. The molecular formula is C69H39I18O27S3-3. The first kappa shape index (κ1) is 106. The third kappa shape index (κ3) is 33.6. The van der Waals surface area contributed by atoms with Gasteiger partial charge in [0.2, 0.25) is 0 Å². The van der Waals surface area contributed by atoms with E-state index in [-0.39, 0.29) is 39.5 Å². The van der Waals surface area contributed by atoms with Gasteiger partial charge in [-0.1, -0.05) is 0 Å². The molecule has 624 valence electrons. The van der Waals surface area contributed by atoms with E-state index in [4.69, 9.17) is 42.6 Å². The Kier molecular flexibility index (Phi) is 44.1. The summed E-state index contributed by atoms with van der Waals surface area (Å²) in [5, 5.41) is 0. The molecule has 0 spiro atoms. The van der Waals surface area contributed by atoms with Gasteiger partial charge in [0, 0.05) is 82.5 Å². The molecule has 0 aromatic heterocycles. The van der Waals surface area contributed by atoms with Crippen LogP contribution in [0.3, 0.4) is 0 Å². The average molecular weight is 3680 g/mol. The summed E-state index contributed by atoms with van der Waals surface area (Å²) in [6, 6.07) is 26.9. The summed E-state index contributed by atoms with van der Waals surface area (Å²) in [6.07, 6.45) is 1.85. The van der Waals surface area contributed by atoms with Crippen LogP contribution in [-0.2, 0) is 54.1 Å². The molecule has 0 saturated heterocycles. The topological polar surface area (TPSA) is 408 Å². The summed E-state index contributed by atoms with van der Waals surface area (Å²) in [4.78, 5) is 118. The molecule has 2 unspecified atom stereocenters. The van der Waals surface area contributed by atoms with Crippen LogP contribution in [0.1, 0.15) is 109 Å². The van der Waals surface area contributed by atoms with Crippen LogP contribution in [0.2, 0.25) is 0 Å². The molecule has 0 heterocycles. The number of esters is 9. The minimum absolute atomic E-state index is 0.120. The molecule has 8 aromatic rings. The highest BCUT2D eigenvalue weighted by Gasteiger charge is 2.34. The minimum Gasteiger partial charge on any atom is -0.748 e. The number of carbonyl (C=O) groups excluding carboxylic acids is 9. The molecule has 48 heteroatoms. The number of rotatable bonds is 24. The van der Waals surface area contributed by atoms with E-state index in [1.165, 1.54) is 18.2 Å². The molecule has 0 radical (unpaired) electrons. The van der Waals surface area contributed by atoms with E-state index in [9.17, 15) is 82.1 Å². The molecule has 9 rings (SSSR count). The zero-order valence-electron chi connectivity index (χ0n) is 57.1. The van der Waals surface area contributed by atoms with Crippen molar-refractivity contribution < 1.29 is 125 Å². The van der Waals surface area contributed by atoms with Gasteiger partial charge in [-0.2, -0.15) is 0 Å². The lowest BCUT2D eigenvalue weighted by atomic mass is 9.87. The van der Waals surface area contributed by atoms with Crippen LogP contribution in [-0.4, -0.2) is 136 Å². The van der Waals surface area contributed by atoms with Crippen molar-refractivity contribution in [3.63, 3.8) is 0 Å². The minimum atomic E-state index is -4.78. The highest BCUT2D eigenvalue weighted by atomic mass is 127. The number of hydrogen-bond donors (Lipinski definition) is 0. The summed E-state index contributed by atoms with van der Waals surface area (Å²) < 4.78 is 160. The van der Waals surface area contributed by atoms with E-state index in [2.05, 4.69) is 248 Å². The van der Waals surface area contributed by atoms with Crippen molar-refractivity contribution in [1.82, 2.24) is 0 Å². The second-order valence-electron chi connectivity index (χ2n) is 23.0. The molecule has 0 aliphatic heterocycles. The van der Waals surface area contributed by atoms with Crippen molar-refractivity contribution in [3.05, 3.63) is 212 Å². The van der Waals surface area contributed by atoms with Gasteiger partial charge in [0.1, 0.15) is 48.7 Å². The van der Waals surface area contributed by atoms with Gasteiger partial charge in [0.05, 0.1) is 92.5 Å². The second kappa shape index (κ2) is 48.7. The summed E-state index contributed by atoms with van der Waals surface area (Å²) in [5.74, 6) is -12.1. The Hall–Kier alpha value is 1.86. The molecule has 1 aliphatic carbocycles. The third-order valence-corrected chi connectivity index (χ3v) is 38.6. The van der Waals surface area contributed by atoms with Crippen molar-refractivity contribution in [3.8, 4) is 28.7 Å². The zero-order valence-corrected chi connectivity index (χ0v) is 98.4. The number of hydrogen-bond acceptors (Lipinski definition) is 27. The Morgan fingerprint density at radius 1 is 0.316 bits per heavy atom. The SMILES string of the molecule is O=C(OC1CCCC(C(=O)OCCS(=O)(=O)[O-])C1)c1cc(I)cc(I)c1I.O=C(OCCS(=O)(=O)[O-])c1cc(OC(=O)c2cc(I)cc(I)c2I)cc(OC(=O)c2cc(I)cc(I)c2I)c1.O=C(Oc1cc(OC(=O)c2cc(I)cc(I)c2I)c(C(=O)OCCS(=O)(=O)[O-])c(OC(=O)c2cc(I)cc(I)c2I)c1)c1cc(I)cc(I)c1I. The van der Waals surface area contributed by atoms with Crippen LogP contribution in [0.5, 0.6) is 28.7 Å².